The number of hydrogen-bond acceptors (Lipinski definition) is 8. The van der Waals surface area contributed by atoms with E-state index < -0.39 is 24.1 Å². The molecule has 0 fully saturated rings. The van der Waals surface area contributed by atoms with E-state index in [9.17, 15) is 19.2 Å². The molecule has 2 N–H and O–H groups in total. The second-order valence-electron chi connectivity index (χ2n) is 8.10. The number of rotatable bonds is 15. The molecule has 0 spiro atoms. The third kappa shape index (κ3) is 15.8. The molecule has 182 valence electrons. The molecule has 1 unspecified atom stereocenters. The Morgan fingerprint density at radius 3 is 2.03 bits per heavy atom. The number of amides is 2. The van der Waals surface area contributed by atoms with Crippen molar-refractivity contribution in [2.45, 2.75) is 40.5 Å². The molecule has 10 heteroatoms. The summed E-state index contributed by atoms with van der Waals surface area (Å²) < 4.78 is 19.4. The molecule has 0 aliphatic rings. The Labute approximate surface area is 189 Å². The highest BCUT2D eigenvalue weighted by Gasteiger charge is 2.22. The lowest BCUT2D eigenvalue weighted by atomic mass is 9.82. The summed E-state index contributed by atoms with van der Waals surface area (Å²) in [4.78, 5) is 45.5. The molecule has 0 radical (unpaired) electrons. The van der Waals surface area contributed by atoms with E-state index in [4.69, 9.17) is 18.9 Å². The average molecular weight is 457 g/mol. The summed E-state index contributed by atoms with van der Waals surface area (Å²) in [6.45, 7) is 15.0. The molecule has 0 heterocycles. The van der Waals surface area contributed by atoms with Crippen LogP contribution in [-0.2, 0) is 28.5 Å². The Balaban J connectivity index is 3.95. The minimum atomic E-state index is -0.583. The van der Waals surface area contributed by atoms with Crippen molar-refractivity contribution in [2.75, 3.05) is 39.5 Å². The van der Waals surface area contributed by atoms with Crippen LogP contribution in [0.3, 0.4) is 0 Å². The Kier molecular flexibility index (Phi) is 14.2. The molecule has 0 aliphatic carbocycles. The van der Waals surface area contributed by atoms with Gasteiger partial charge in [0.15, 0.2) is 0 Å². The number of esters is 2. The Bertz CT molecular complexity index is 660. The van der Waals surface area contributed by atoms with Gasteiger partial charge in [-0.3, -0.25) is 0 Å². The van der Waals surface area contributed by atoms with Gasteiger partial charge in [0.2, 0.25) is 0 Å². The summed E-state index contributed by atoms with van der Waals surface area (Å²) in [6.07, 6.45) is 1.40. The first kappa shape index (κ1) is 29.0. The molecule has 0 aromatic carbocycles. The molecule has 0 saturated carbocycles. The standard InChI is InChI=1S/C22H36N2O8/c1-7-18(25)29-10-12-31-20(27)23-9-8-17(4)14-22(5,6)15-24-21(28)32-13-11-30-19(26)16(2)3/h7,17H,1-2,8-15H2,3-6H3,(H,23,27)(H,24,28). The Hall–Kier alpha value is -3.04. The number of hydrogen-bond donors (Lipinski definition) is 2. The maximum atomic E-state index is 11.8. The minimum absolute atomic E-state index is 0.0298. The fourth-order valence-corrected chi connectivity index (χ4v) is 2.68. The maximum Gasteiger partial charge on any atom is 0.407 e. The average Bonchev–Trinajstić information content (AvgIpc) is 2.72. The van der Waals surface area contributed by atoms with Crippen molar-refractivity contribution < 1.29 is 38.1 Å². The lowest BCUT2D eigenvalue weighted by Crippen LogP contribution is -2.36. The topological polar surface area (TPSA) is 129 Å². The van der Waals surface area contributed by atoms with Crippen molar-refractivity contribution in [1.29, 1.82) is 0 Å². The highest BCUT2D eigenvalue weighted by molar-refractivity contribution is 5.86. The summed E-state index contributed by atoms with van der Waals surface area (Å²) in [5.74, 6) is -0.823. The molecule has 0 aromatic rings. The fourth-order valence-electron chi connectivity index (χ4n) is 2.68. The van der Waals surface area contributed by atoms with Crippen molar-refractivity contribution in [2.24, 2.45) is 11.3 Å². The van der Waals surface area contributed by atoms with Crippen LogP contribution in [0.5, 0.6) is 0 Å². The van der Waals surface area contributed by atoms with Gasteiger partial charge >= 0.3 is 24.1 Å². The van der Waals surface area contributed by atoms with Gasteiger partial charge in [-0.1, -0.05) is 33.9 Å². The van der Waals surface area contributed by atoms with Crippen molar-refractivity contribution in [3.8, 4) is 0 Å². The van der Waals surface area contributed by atoms with E-state index in [2.05, 4.69) is 30.7 Å². The smallest absolute Gasteiger partial charge is 0.407 e. The number of carbonyl (C=O) groups excluding carboxylic acids is 4. The predicted octanol–water partition coefficient (Wildman–Crippen LogP) is 2.73. The highest BCUT2D eigenvalue weighted by atomic mass is 16.6. The zero-order valence-electron chi connectivity index (χ0n) is 19.5. The van der Waals surface area contributed by atoms with Crippen LogP contribution < -0.4 is 10.6 Å². The van der Waals surface area contributed by atoms with Crippen LogP contribution in [0.4, 0.5) is 9.59 Å². The van der Waals surface area contributed by atoms with E-state index in [0.717, 1.165) is 18.9 Å². The van der Waals surface area contributed by atoms with Crippen molar-refractivity contribution in [3.63, 3.8) is 0 Å². The van der Waals surface area contributed by atoms with Crippen molar-refractivity contribution in [1.82, 2.24) is 10.6 Å². The fraction of sp³-hybridized carbons (Fsp3) is 0.636. The quantitative estimate of drug-likeness (QED) is 0.167. The SMILES string of the molecule is C=CC(=O)OCCOC(=O)NCCC(C)CC(C)(C)CNC(=O)OCCOC(=O)C(=C)C. The molecule has 0 aliphatic heterocycles. The molecule has 2 amide bonds. The van der Waals surface area contributed by atoms with Gasteiger partial charge in [0.05, 0.1) is 0 Å². The molecule has 10 nitrogen and oxygen atoms in total. The zero-order valence-corrected chi connectivity index (χ0v) is 19.5. The van der Waals surface area contributed by atoms with Gasteiger partial charge in [-0.25, -0.2) is 19.2 Å². The van der Waals surface area contributed by atoms with Gasteiger partial charge in [-0.2, -0.15) is 0 Å². The summed E-state index contributed by atoms with van der Waals surface area (Å²) >= 11 is 0. The van der Waals surface area contributed by atoms with Crippen LogP contribution >= 0.6 is 0 Å². The molecule has 0 saturated heterocycles. The number of ether oxygens (including phenoxy) is 4. The zero-order chi connectivity index (χ0) is 24.6. The van der Waals surface area contributed by atoms with Gasteiger partial charge in [0.25, 0.3) is 0 Å². The summed E-state index contributed by atoms with van der Waals surface area (Å²) in [5, 5.41) is 5.35. The number of alkyl carbamates (subject to hydrolysis) is 2. The monoisotopic (exact) mass is 456 g/mol. The Morgan fingerprint density at radius 2 is 1.47 bits per heavy atom. The van der Waals surface area contributed by atoms with E-state index >= 15 is 0 Å². The van der Waals surface area contributed by atoms with Crippen LogP contribution in [0.2, 0.25) is 0 Å². The van der Waals surface area contributed by atoms with Crippen molar-refractivity contribution >= 4 is 24.1 Å². The molecule has 1 atom stereocenters. The summed E-state index contributed by atoms with van der Waals surface area (Å²) in [5.41, 5.74) is 0.0874. The molecular formula is C22H36N2O8. The van der Waals surface area contributed by atoms with E-state index in [-0.39, 0.29) is 43.3 Å². The van der Waals surface area contributed by atoms with Gasteiger partial charge in [0.1, 0.15) is 26.4 Å². The van der Waals surface area contributed by atoms with Crippen LogP contribution in [0.15, 0.2) is 24.8 Å². The van der Waals surface area contributed by atoms with Crippen LogP contribution in [0.25, 0.3) is 0 Å². The van der Waals surface area contributed by atoms with Crippen LogP contribution in [0, 0.1) is 11.3 Å². The second kappa shape index (κ2) is 15.7. The molecule has 0 rings (SSSR count). The molecule has 0 bridgehead atoms. The predicted molar refractivity (Wildman–Crippen MR) is 118 cm³/mol. The third-order valence-electron chi connectivity index (χ3n) is 4.14. The second-order valence-corrected chi connectivity index (χ2v) is 8.10. The first-order chi connectivity index (χ1) is 15.0. The molecule has 32 heavy (non-hydrogen) atoms. The van der Waals surface area contributed by atoms with Crippen LogP contribution in [0.1, 0.15) is 40.5 Å². The highest BCUT2D eigenvalue weighted by Crippen LogP contribution is 2.26. The first-order valence-electron chi connectivity index (χ1n) is 10.4. The van der Waals surface area contributed by atoms with E-state index in [1.807, 2.05) is 13.8 Å². The van der Waals surface area contributed by atoms with E-state index in [1.165, 1.54) is 6.92 Å². The lowest BCUT2D eigenvalue weighted by Gasteiger charge is -2.28. The normalized spacial score (nSPS) is 11.5. The largest absolute Gasteiger partial charge is 0.459 e. The van der Waals surface area contributed by atoms with Crippen molar-refractivity contribution in [3.05, 3.63) is 24.8 Å². The summed E-state index contributed by atoms with van der Waals surface area (Å²) in [7, 11) is 0. The Morgan fingerprint density at radius 1 is 0.938 bits per heavy atom. The van der Waals surface area contributed by atoms with Gasteiger partial charge in [0, 0.05) is 24.7 Å². The molecule has 0 aromatic heterocycles. The number of carbonyl (C=O) groups is 4. The lowest BCUT2D eigenvalue weighted by molar-refractivity contribution is -0.140. The van der Waals surface area contributed by atoms with Gasteiger partial charge in [-0.05, 0) is 31.1 Å². The first-order valence-corrected chi connectivity index (χ1v) is 10.4. The third-order valence-corrected chi connectivity index (χ3v) is 4.14. The minimum Gasteiger partial charge on any atom is -0.459 e. The summed E-state index contributed by atoms with van der Waals surface area (Å²) in [6, 6.07) is 0. The number of nitrogens with one attached hydrogen (secondary N) is 2. The van der Waals surface area contributed by atoms with Crippen LogP contribution in [-0.4, -0.2) is 63.6 Å². The molecular weight excluding hydrogens is 420 g/mol. The van der Waals surface area contributed by atoms with Gasteiger partial charge < -0.3 is 29.6 Å². The maximum absolute atomic E-state index is 11.8. The van der Waals surface area contributed by atoms with E-state index in [0.29, 0.717) is 13.1 Å². The van der Waals surface area contributed by atoms with Gasteiger partial charge in [-0.15, -0.1) is 0 Å². The van der Waals surface area contributed by atoms with E-state index in [1.54, 1.807) is 0 Å².